The standard InChI is InChI=1S/C17H16N4O3/c1-10-9-18-14-12(16(23)21(3)17(24)20(14)2)13(10)19-15(22)11-7-5-4-6-8-11/h4-9H,1-3H3,(H,18,19,22). The van der Waals surface area contributed by atoms with Gasteiger partial charge in [0.15, 0.2) is 5.65 Å². The minimum Gasteiger partial charge on any atom is -0.321 e. The number of anilines is 1. The molecule has 24 heavy (non-hydrogen) atoms. The van der Waals surface area contributed by atoms with E-state index in [1.165, 1.54) is 24.9 Å². The van der Waals surface area contributed by atoms with Crippen LogP contribution in [0.15, 0.2) is 46.1 Å². The fourth-order valence-corrected chi connectivity index (χ4v) is 2.56. The summed E-state index contributed by atoms with van der Waals surface area (Å²) < 4.78 is 2.29. The van der Waals surface area contributed by atoms with Crippen LogP contribution in [0.1, 0.15) is 15.9 Å². The van der Waals surface area contributed by atoms with Gasteiger partial charge in [0.2, 0.25) is 0 Å². The number of pyridine rings is 1. The van der Waals surface area contributed by atoms with Gasteiger partial charge in [0.1, 0.15) is 5.39 Å². The maximum Gasteiger partial charge on any atom is 0.332 e. The lowest BCUT2D eigenvalue weighted by atomic mass is 10.1. The van der Waals surface area contributed by atoms with Crippen LogP contribution in [0.5, 0.6) is 0 Å². The zero-order valence-corrected chi connectivity index (χ0v) is 13.5. The Labute approximate surface area is 137 Å². The molecule has 1 N–H and O–H groups in total. The molecule has 122 valence electrons. The van der Waals surface area contributed by atoms with Crippen LogP contribution in [0.3, 0.4) is 0 Å². The molecule has 7 heteroatoms. The molecule has 0 fully saturated rings. The third-order valence-electron chi connectivity index (χ3n) is 3.93. The number of amides is 1. The summed E-state index contributed by atoms with van der Waals surface area (Å²) in [6.45, 7) is 1.75. The van der Waals surface area contributed by atoms with Gasteiger partial charge in [-0.15, -0.1) is 0 Å². The summed E-state index contributed by atoms with van der Waals surface area (Å²) in [5.74, 6) is -0.331. The van der Waals surface area contributed by atoms with Crippen LogP contribution in [0, 0.1) is 6.92 Å². The Morgan fingerprint density at radius 3 is 2.42 bits per heavy atom. The number of fused-ring (bicyclic) bond motifs is 1. The second kappa shape index (κ2) is 5.77. The van der Waals surface area contributed by atoms with Crippen LogP contribution >= 0.6 is 0 Å². The molecule has 3 rings (SSSR count). The van der Waals surface area contributed by atoms with Gasteiger partial charge >= 0.3 is 5.69 Å². The van der Waals surface area contributed by atoms with E-state index >= 15 is 0 Å². The van der Waals surface area contributed by atoms with Crippen LogP contribution in [-0.4, -0.2) is 20.0 Å². The number of carbonyl (C=O) groups is 1. The fraction of sp³-hybridized carbons (Fsp3) is 0.176. The average Bonchev–Trinajstić information content (AvgIpc) is 2.60. The van der Waals surface area contributed by atoms with Crippen LogP contribution in [0.4, 0.5) is 5.69 Å². The number of hydrogen-bond acceptors (Lipinski definition) is 4. The Morgan fingerprint density at radius 1 is 1.08 bits per heavy atom. The highest BCUT2D eigenvalue weighted by Gasteiger charge is 2.17. The summed E-state index contributed by atoms with van der Waals surface area (Å²) in [4.78, 5) is 41.2. The molecule has 0 radical (unpaired) electrons. The minimum atomic E-state index is -0.493. The van der Waals surface area contributed by atoms with Gasteiger partial charge in [0, 0.05) is 25.9 Å². The van der Waals surface area contributed by atoms with E-state index in [-0.39, 0.29) is 16.9 Å². The smallest absolute Gasteiger partial charge is 0.321 e. The fourth-order valence-electron chi connectivity index (χ4n) is 2.56. The summed E-state index contributed by atoms with van der Waals surface area (Å²) in [6.07, 6.45) is 1.53. The molecule has 3 aromatic rings. The Bertz CT molecular complexity index is 1070. The highest BCUT2D eigenvalue weighted by molar-refractivity contribution is 6.08. The minimum absolute atomic E-state index is 0.212. The molecule has 1 aromatic carbocycles. The molecule has 2 heterocycles. The second-order valence-electron chi connectivity index (χ2n) is 5.54. The van der Waals surface area contributed by atoms with Crippen molar-refractivity contribution in [2.24, 2.45) is 14.1 Å². The van der Waals surface area contributed by atoms with Gasteiger partial charge in [-0.05, 0) is 24.6 Å². The Balaban J connectivity index is 2.25. The van der Waals surface area contributed by atoms with Crippen molar-refractivity contribution >= 4 is 22.6 Å². The van der Waals surface area contributed by atoms with E-state index in [1.54, 1.807) is 31.2 Å². The number of aryl methyl sites for hydroxylation is 2. The zero-order valence-electron chi connectivity index (χ0n) is 13.5. The number of carbonyl (C=O) groups excluding carboxylic acids is 1. The summed E-state index contributed by atoms with van der Waals surface area (Å²) in [7, 11) is 2.93. The van der Waals surface area contributed by atoms with Gasteiger partial charge in [-0.25, -0.2) is 9.78 Å². The molecule has 1 amide bonds. The molecule has 0 aliphatic heterocycles. The van der Waals surface area contributed by atoms with Crippen LogP contribution < -0.4 is 16.6 Å². The number of benzene rings is 1. The van der Waals surface area contributed by atoms with E-state index < -0.39 is 11.2 Å². The van der Waals surface area contributed by atoms with Gasteiger partial charge in [0.05, 0.1) is 5.69 Å². The topological polar surface area (TPSA) is 86.0 Å². The highest BCUT2D eigenvalue weighted by Crippen LogP contribution is 2.22. The van der Waals surface area contributed by atoms with Crippen molar-refractivity contribution in [1.82, 2.24) is 14.1 Å². The Morgan fingerprint density at radius 2 is 1.75 bits per heavy atom. The van der Waals surface area contributed by atoms with E-state index in [0.717, 1.165) is 4.57 Å². The van der Waals surface area contributed by atoms with E-state index in [4.69, 9.17) is 0 Å². The number of hydrogen-bond donors (Lipinski definition) is 1. The molecule has 0 bridgehead atoms. The predicted molar refractivity (Wildman–Crippen MR) is 91.4 cm³/mol. The third kappa shape index (κ3) is 2.40. The third-order valence-corrected chi connectivity index (χ3v) is 3.93. The Hall–Kier alpha value is -3.22. The summed E-state index contributed by atoms with van der Waals surface area (Å²) in [5.41, 5.74) is 0.755. The zero-order chi connectivity index (χ0) is 17.4. The Kier molecular flexibility index (Phi) is 3.76. The molecule has 0 aliphatic rings. The quantitative estimate of drug-likeness (QED) is 0.767. The first kappa shape index (κ1) is 15.7. The van der Waals surface area contributed by atoms with E-state index in [0.29, 0.717) is 16.8 Å². The van der Waals surface area contributed by atoms with Crippen molar-refractivity contribution in [3.8, 4) is 0 Å². The van der Waals surface area contributed by atoms with Crippen molar-refractivity contribution < 1.29 is 4.79 Å². The molecular formula is C17H16N4O3. The molecule has 0 unspecified atom stereocenters. The first-order valence-corrected chi connectivity index (χ1v) is 7.33. The van der Waals surface area contributed by atoms with Gasteiger partial charge in [-0.3, -0.25) is 18.7 Å². The summed E-state index contributed by atoms with van der Waals surface area (Å²) >= 11 is 0. The van der Waals surface area contributed by atoms with Crippen LogP contribution in [-0.2, 0) is 14.1 Å². The molecule has 7 nitrogen and oxygen atoms in total. The molecular weight excluding hydrogens is 308 g/mol. The second-order valence-corrected chi connectivity index (χ2v) is 5.54. The first-order valence-electron chi connectivity index (χ1n) is 7.33. The monoisotopic (exact) mass is 324 g/mol. The van der Waals surface area contributed by atoms with Crippen molar-refractivity contribution in [3.63, 3.8) is 0 Å². The van der Waals surface area contributed by atoms with E-state index in [1.807, 2.05) is 6.07 Å². The van der Waals surface area contributed by atoms with Crippen molar-refractivity contribution in [2.75, 3.05) is 5.32 Å². The SMILES string of the molecule is Cc1cnc2c(c1NC(=O)c1ccccc1)c(=O)n(C)c(=O)n2C. The highest BCUT2D eigenvalue weighted by atomic mass is 16.2. The largest absolute Gasteiger partial charge is 0.332 e. The average molecular weight is 324 g/mol. The van der Waals surface area contributed by atoms with E-state index in [2.05, 4.69) is 10.3 Å². The lowest BCUT2D eigenvalue weighted by molar-refractivity contribution is 0.102. The van der Waals surface area contributed by atoms with Gasteiger partial charge < -0.3 is 5.32 Å². The van der Waals surface area contributed by atoms with Gasteiger partial charge in [-0.2, -0.15) is 0 Å². The summed E-state index contributed by atoms with van der Waals surface area (Å²) in [6, 6.07) is 8.70. The molecule has 0 atom stereocenters. The van der Waals surface area contributed by atoms with Crippen molar-refractivity contribution in [3.05, 3.63) is 68.5 Å². The normalized spacial score (nSPS) is 10.8. The molecule has 0 spiro atoms. The van der Waals surface area contributed by atoms with Crippen LogP contribution in [0.2, 0.25) is 0 Å². The molecule has 0 aliphatic carbocycles. The van der Waals surface area contributed by atoms with Crippen LogP contribution in [0.25, 0.3) is 11.0 Å². The van der Waals surface area contributed by atoms with Crippen molar-refractivity contribution in [2.45, 2.75) is 6.92 Å². The predicted octanol–water partition coefficient (Wildman–Crippen LogP) is 1.19. The lowest BCUT2D eigenvalue weighted by Crippen LogP contribution is -2.37. The van der Waals surface area contributed by atoms with Gasteiger partial charge in [0.25, 0.3) is 11.5 Å². The lowest BCUT2D eigenvalue weighted by Gasteiger charge is -2.13. The molecule has 0 saturated heterocycles. The number of rotatable bonds is 2. The first-order chi connectivity index (χ1) is 11.4. The summed E-state index contributed by atoms with van der Waals surface area (Å²) in [5, 5.41) is 2.99. The van der Waals surface area contributed by atoms with E-state index in [9.17, 15) is 14.4 Å². The molecule has 0 saturated carbocycles. The number of nitrogens with one attached hydrogen (secondary N) is 1. The molecule has 2 aromatic heterocycles. The van der Waals surface area contributed by atoms with Gasteiger partial charge in [-0.1, -0.05) is 18.2 Å². The van der Waals surface area contributed by atoms with Crippen molar-refractivity contribution in [1.29, 1.82) is 0 Å². The maximum atomic E-state index is 12.6. The number of nitrogens with zero attached hydrogens (tertiary/aromatic N) is 3. The number of aromatic nitrogens is 3. The maximum absolute atomic E-state index is 12.6.